The molecule has 1 aliphatic heterocycles. The second kappa shape index (κ2) is 12.5. The van der Waals surface area contributed by atoms with Crippen molar-refractivity contribution >= 4 is 17.6 Å². The average molecular weight is 628 g/mol. The fraction of sp³-hybridized carbons (Fsp3) is 0.310. The smallest absolute Gasteiger partial charge is 0.430 e. The van der Waals surface area contributed by atoms with Crippen LogP contribution in [0, 0.1) is 10.1 Å². The van der Waals surface area contributed by atoms with Gasteiger partial charge in [-0.05, 0) is 60.4 Å². The average Bonchev–Trinajstić information content (AvgIpc) is 3.15. The van der Waals surface area contributed by atoms with E-state index in [0.717, 1.165) is 17.2 Å². The van der Waals surface area contributed by atoms with E-state index in [1.54, 1.807) is 6.92 Å². The summed E-state index contributed by atoms with van der Waals surface area (Å²) in [6.07, 6.45) is -6.59. The molecule has 1 atom stereocenters. The van der Waals surface area contributed by atoms with E-state index in [1.807, 2.05) is 0 Å². The molecule has 236 valence electrons. The van der Waals surface area contributed by atoms with Gasteiger partial charge < -0.3 is 15.2 Å². The molecular weight excluding hydrogens is 600 g/mol. The fourth-order valence-corrected chi connectivity index (χ4v) is 4.51. The molecule has 0 aromatic heterocycles. The summed E-state index contributed by atoms with van der Waals surface area (Å²) in [5.41, 5.74) is -7.69. The number of nitro benzene ring substituents is 1. The number of ether oxygens (including phenoxy) is 1. The molecule has 1 aliphatic rings. The highest BCUT2D eigenvalue weighted by atomic mass is 19.4. The fourth-order valence-electron chi connectivity index (χ4n) is 4.51. The van der Waals surface area contributed by atoms with E-state index in [0.29, 0.717) is 29.7 Å². The number of nitro groups is 1. The predicted octanol–water partition coefficient (Wildman–Crippen LogP) is 6.33. The van der Waals surface area contributed by atoms with Crippen LogP contribution < -0.4 is 10.1 Å². The van der Waals surface area contributed by atoms with E-state index >= 15 is 0 Å². The zero-order chi connectivity index (χ0) is 33.1. The van der Waals surface area contributed by atoms with Crippen LogP contribution in [0.25, 0.3) is 0 Å². The SMILES string of the molecule is C=C/C=C(\C=C\Oc1ccc(C(O)(C(F)(F)F)C(F)(F)F)cc1CCC)CN1C(=O)NC(C)(c2ccc([N+](=O)[O-])cc2)C1=O. The number of hydrogen-bond donors (Lipinski definition) is 2. The van der Waals surface area contributed by atoms with Gasteiger partial charge in [0, 0.05) is 17.7 Å². The van der Waals surface area contributed by atoms with Gasteiger partial charge in [0.15, 0.2) is 0 Å². The van der Waals surface area contributed by atoms with Crippen LogP contribution in [-0.2, 0) is 22.4 Å². The number of halogens is 6. The maximum Gasteiger partial charge on any atom is 0.430 e. The zero-order valence-electron chi connectivity index (χ0n) is 23.3. The Balaban J connectivity index is 1.84. The molecular formula is C29H27F6N3O6. The Bertz CT molecular complexity index is 1490. The minimum atomic E-state index is -6.05. The Kier molecular flexibility index (Phi) is 9.63. The van der Waals surface area contributed by atoms with Crippen molar-refractivity contribution in [2.75, 3.05) is 6.54 Å². The van der Waals surface area contributed by atoms with Crippen LogP contribution in [0.2, 0.25) is 0 Å². The molecule has 0 saturated carbocycles. The van der Waals surface area contributed by atoms with E-state index in [9.17, 15) is 51.2 Å². The van der Waals surface area contributed by atoms with Gasteiger partial charge in [-0.1, -0.05) is 38.1 Å². The number of alkyl halides is 6. The quantitative estimate of drug-likeness (QED) is 0.0750. The molecule has 44 heavy (non-hydrogen) atoms. The monoisotopic (exact) mass is 627 g/mol. The van der Waals surface area contributed by atoms with Gasteiger partial charge in [-0.15, -0.1) is 0 Å². The number of benzene rings is 2. The number of carbonyl (C=O) groups is 2. The zero-order valence-corrected chi connectivity index (χ0v) is 23.3. The third-order valence-corrected chi connectivity index (χ3v) is 6.90. The van der Waals surface area contributed by atoms with Crippen LogP contribution in [0.3, 0.4) is 0 Å². The van der Waals surface area contributed by atoms with Crippen molar-refractivity contribution in [1.29, 1.82) is 0 Å². The summed E-state index contributed by atoms with van der Waals surface area (Å²) in [4.78, 5) is 37.3. The molecule has 15 heteroatoms. The number of hydrogen-bond acceptors (Lipinski definition) is 6. The van der Waals surface area contributed by atoms with Crippen LogP contribution >= 0.6 is 0 Å². The number of aliphatic hydroxyl groups is 1. The van der Waals surface area contributed by atoms with Crippen molar-refractivity contribution in [1.82, 2.24) is 10.2 Å². The highest BCUT2D eigenvalue weighted by Crippen LogP contribution is 2.50. The number of aryl methyl sites for hydroxylation is 1. The minimum absolute atomic E-state index is 0.0157. The number of imide groups is 1. The second-order valence-electron chi connectivity index (χ2n) is 9.93. The van der Waals surface area contributed by atoms with Crippen LogP contribution in [0.1, 0.15) is 37.0 Å². The molecule has 1 unspecified atom stereocenters. The van der Waals surface area contributed by atoms with Gasteiger partial charge in [0.1, 0.15) is 11.3 Å². The summed E-state index contributed by atoms with van der Waals surface area (Å²) >= 11 is 0. The Morgan fingerprint density at radius 3 is 2.25 bits per heavy atom. The van der Waals surface area contributed by atoms with Gasteiger partial charge in [-0.3, -0.25) is 19.8 Å². The predicted molar refractivity (Wildman–Crippen MR) is 145 cm³/mol. The first-order valence-electron chi connectivity index (χ1n) is 12.9. The Hall–Kier alpha value is -4.66. The summed E-state index contributed by atoms with van der Waals surface area (Å²) in [5, 5.41) is 23.3. The van der Waals surface area contributed by atoms with E-state index < -0.39 is 45.9 Å². The first-order chi connectivity index (χ1) is 20.4. The number of urea groups is 1. The van der Waals surface area contributed by atoms with Crippen molar-refractivity contribution in [2.24, 2.45) is 0 Å². The Morgan fingerprint density at radius 1 is 1.11 bits per heavy atom. The number of nitrogens with one attached hydrogen (secondary N) is 1. The summed E-state index contributed by atoms with van der Waals surface area (Å²) in [6.45, 7) is 6.35. The van der Waals surface area contributed by atoms with Gasteiger partial charge in [0.25, 0.3) is 17.2 Å². The summed E-state index contributed by atoms with van der Waals surface area (Å²) < 4.78 is 85.7. The lowest BCUT2D eigenvalue weighted by atomic mass is 9.90. The summed E-state index contributed by atoms with van der Waals surface area (Å²) in [6, 6.07) is 6.24. The molecule has 2 aromatic rings. The topological polar surface area (TPSA) is 122 Å². The van der Waals surface area contributed by atoms with Crippen LogP contribution in [0.4, 0.5) is 36.8 Å². The molecule has 1 fully saturated rings. The van der Waals surface area contributed by atoms with Crippen molar-refractivity contribution in [3.05, 3.63) is 106 Å². The van der Waals surface area contributed by atoms with Crippen molar-refractivity contribution in [2.45, 2.75) is 50.2 Å². The van der Waals surface area contributed by atoms with Crippen LogP contribution in [-0.4, -0.2) is 45.8 Å². The first kappa shape index (κ1) is 33.8. The molecule has 1 heterocycles. The van der Waals surface area contributed by atoms with E-state index in [4.69, 9.17) is 4.74 Å². The number of rotatable bonds is 11. The maximum absolute atomic E-state index is 13.4. The lowest BCUT2D eigenvalue weighted by Crippen LogP contribution is -2.53. The molecule has 9 nitrogen and oxygen atoms in total. The van der Waals surface area contributed by atoms with E-state index in [1.165, 1.54) is 49.4 Å². The van der Waals surface area contributed by atoms with Gasteiger partial charge >= 0.3 is 18.4 Å². The first-order valence-corrected chi connectivity index (χ1v) is 12.9. The molecule has 0 radical (unpaired) electrons. The molecule has 2 aromatic carbocycles. The molecule has 1 saturated heterocycles. The van der Waals surface area contributed by atoms with Gasteiger partial charge in [-0.2, -0.15) is 26.3 Å². The molecule has 0 aliphatic carbocycles. The van der Waals surface area contributed by atoms with E-state index in [2.05, 4.69) is 11.9 Å². The number of amides is 3. The van der Waals surface area contributed by atoms with Crippen LogP contribution in [0.5, 0.6) is 5.75 Å². The van der Waals surface area contributed by atoms with Crippen molar-refractivity contribution in [3.8, 4) is 5.75 Å². The molecule has 0 spiro atoms. The highest BCUT2D eigenvalue weighted by molar-refractivity contribution is 6.07. The van der Waals surface area contributed by atoms with Gasteiger partial charge in [0.05, 0.1) is 17.7 Å². The third-order valence-electron chi connectivity index (χ3n) is 6.90. The Labute approximate surface area is 247 Å². The molecule has 3 amide bonds. The number of non-ortho nitro benzene ring substituents is 1. The normalized spacial score (nSPS) is 18.1. The third kappa shape index (κ3) is 6.46. The van der Waals surface area contributed by atoms with E-state index in [-0.39, 0.29) is 30.0 Å². The minimum Gasteiger partial charge on any atom is -0.465 e. The largest absolute Gasteiger partial charge is 0.465 e. The molecule has 0 bridgehead atoms. The van der Waals surface area contributed by atoms with Gasteiger partial charge in [0.2, 0.25) is 0 Å². The standard InChI is InChI=1S/C29H27F6N3O6/c1-4-6-18(17-37-24(39)26(3,36-25(37)40)20-8-11-22(12-9-20)38(42)43)14-15-44-23-13-10-21(16-19(23)7-5-2)27(41,28(30,31)32)29(33,34)35/h4,6,8-16,41H,1,5,7,17H2,2-3H3,(H,36,40)/b15-14+,18-6+. The highest BCUT2D eigenvalue weighted by Gasteiger charge is 2.71. The van der Waals surface area contributed by atoms with Crippen LogP contribution in [0.15, 0.2) is 79.1 Å². The number of nitrogens with zero attached hydrogens (tertiary/aromatic N) is 2. The molecule has 3 rings (SSSR count). The lowest BCUT2D eigenvalue weighted by molar-refractivity contribution is -0.384. The Morgan fingerprint density at radius 2 is 1.73 bits per heavy atom. The maximum atomic E-state index is 13.4. The summed E-state index contributed by atoms with van der Waals surface area (Å²) in [7, 11) is 0. The molecule has 2 N–H and O–H groups in total. The lowest BCUT2D eigenvalue weighted by Gasteiger charge is -2.33. The second-order valence-corrected chi connectivity index (χ2v) is 9.93. The summed E-state index contributed by atoms with van der Waals surface area (Å²) in [5.74, 6) is -0.750. The number of carbonyl (C=O) groups excluding carboxylic acids is 2. The van der Waals surface area contributed by atoms with Crippen molar-refractivity contribution < 1.29 is 50.7 Å². The number of allylic oxidation sites excluding steroid dienone is 2. The van der Waals surface area contributed by atoms with Gasteiger partial charge in [-0.25, -0.2) is 4.79 Å². The van der Waals surface area contributed by atoms with Crippen molar-refractivity contribution in [3.63, 3.8) is 0 Å².